The fraction of sp³-hybridized carbons (Fsp3) is 0.526. The Balaban J connectivity index is 1.18. The van der Waals surface area contributed by atoms with E-state index >= 15 is 0 Å². The topological polar surface area (TPSA) is 46.6 Å². The first-order valence-corrected chi connectivity index (χ1v) is 9.92. The number of nitrogens with one attached hydrogen (secondary N) is 1. The number of hydrogen-bond acceptors (Lipinski definition) is 6. The van der Waals surface area contributed by atoms with Crippen LogP contribution in [0.5, 0.6) is 5.75 Å². The Bertz CT molecular complexity index is 660. The van der Waals surface area contributed by atoms with Gasteiger partial charge in [0.1, 0.15) is 17.4 Å². The number of hydrogen-bond donors (Lipinski definition) is 1. The van der Waals surface area contributed by atoms with Gasteiger partial charge in [-0.1, -0.05) is 18.2 Å². The lowest BCUT2D eigenvalue weighted by Gasteiger charge is -2.33. The fourth-order valence-electron chi connectivity index (χ4n) is 3.16. The van der Waals surface area contributed by atoms with Crippen LogP contribution < -0.4 is 10.1 Å². The van der Waals surface area contributed by atoms with Crippen LogP contribution in [0.1, 0.15) is 23.5 Å². The number of aromatic nitrogens is 1. The van der Waals surface area contributed by atoms with Gasteiger partial charge in [-0.15, -0.1) is 11.3 Å². The van der Waals surface area contributed by atoms with Gasteiger partial charge in [0.25, 0.3) is 0 Å². The van der Waals surface area contributed by atoms with Crippen LogP contribution in [0.3, 0.4) is 0 Å². The lowest BCUT2D eigenvalue weighted by molar-refractivity contribution is -0.0301. The van der Waals surface area contributed by atoms with Gasteiger partial charge in [-0.3, -0.25) is 4.90 Å². The molecule has 1 aromatic heterocycles. The highest BCUT2D eigenvalue weighted by molar-refractivity contribution is 7.09. The fourth-order valence-corrected chi connectivity index (χ4v) is 3.86. The Morgan fingerprint density at radius 1 is 1.28 bits per heavy atom. The standard InChI is InChI=1S/C19H25N3O2S/c1-2-4-17(5-3-1)24-13-19-21-15(14-25-19)10-20-11-18-12-22(8-9-23-18)16-6-7-16/h1-5,14,16,18,20H,6-13H2. The van der Waals surface area contributed by atoms with Crippen LogP contribution in [-0.4, -0.2) is 48.3 Å². The average Bonchev–Trinajstić information content (AvgIpc) is 3.41. The van der Waals surface area contributed by atoms with E-state index in [1.807, 2.05) is 30.3 Å². The van der Waals surface area contributed by atoms with Gasteiger partial charge in [0, 0.05) is 37.6 Å². The molecule has 0 spiro atoms. The smallest absolute Gasteiger partial charge is 0.140 e. The molecule has 134 valence electrons. The Labute approximate surface area is 153 Å². The van der Waals surface area contributed by atoms with Gasteiger partial charge in [0.2, 0.25) is 0 Å². The van der Waals surface area contributed by atoms with Crippen molar-refractivity contribution in [2.24, 2.45) is 0 Å². The molecule has 1 unspecified atom stereocenters. The number of para-hydroxylation sites is 1. The molecule has 25 heavy (non-hydrogen) atoms. The second kappa shape index (κ2) is 8.27. The number of ether oxygens (including phenoxy) is 2. The Kier molecular flexibility index (Phi) is 5.62. The summed E-state index contributed by atoms with van der Waals surface area (Å²) in [4.78, 5) is 7.22. The SMILES string of the molecule is c1ccc(OCc2nc(CNCC3CN(C4CC4)CCO3)cs2)cc1. The van der Waals surface area contributed by atoms with Crippen LogP contribution in [0.15, 0.2) is 35.7 Å². The Morgan fingerprint density at radius 2 is 2.16 bits per heavy atom. The first-order valence-electron chi connectivity index (χ1n) is 9.04. The number of benzene rings is 1. The molecule has 1 atom stereocenters. The van der Waals surface area contributed by atoms with E-state index in [-0.39, 0.29) is 0 Å². The molecule has 2 aromatic rings. The van der Waals surface area contributed by atoms with Gasteiger partial charge < -0.3 is 14.8 Å². The minimum Gasteiger partial charge on any atom is -0.486 e. The Hall–Kier alpha value is -1.47. The second-order valence-electron chi connectivity index (χ2n) is 6.68. The van der Waals surface area contributed by atoms with E-state index in [1.54, 1.807) is 11.3 Å². The maximum absolute atomic E-state index is 5.87. The maximum Gasteiger partial charge on any atom is 0.140 e. The van der Waals surface area contributed by atoms with Crippen LogP contribution in [-0.2, 0) is 17.9 Å². The summed E-state index contributed by atoms with van der Waals surface area (Å²) >= 11 is 1.65. The average molecular weight is 359 g/mol. The summed E-state index contributed by atoms with van der Waals surface area (Å²) in [7, 11) is 0. The third-order valence-corrected chi connectivity index (χ3v) is 5.49. The van der Waals surface area contributed by atoms with Gasteiger partial charge in [0.05, 0.1) is 18.4 Å². The van der Waals surface area contributed by atoms with Gasteiger partial charge in [-0.05, 0) is 25.0 Å². The van der Waals surface area contributed by atoms with Crippen molar-refractivity contribution in [3.05, 3.63) is 46.4 Å². The van der Waals surface area contributed by atoms with Gasteiger partial charge in [-0.2, -0.15) is 0 Å². The van der Waals surface area contributed by atoms with Crippen LogP contribution in [0.2, 0.25) is 0 Å². The third kappa shape index (κ3) is 5.01. The molecule has 4 rings (SSSR count). The van der Waals surface area contributed by atoms with Gasteiger partial charge in [0.15, 0.2) is 0 Å². The zero-order chi connectivity index (χ0) is 16.9. The maximum atomic E-state index is 5.87. The van der Waals surface area contributed by atoms with Crippen LogP contribution >= 0.6 is 11.3 Å². The lowest BCUT2D eigenvalue weighted by Crippen LogP contribution is -2.47. The zero-order valence-corrected chi connectivity index (χ0v) is 15.2. The molecule has 1 saturated carbocycles. The molecule has 1 aliphatic heterocycles. The van der Waals surface area contributed by atoms with Crippen molar-refractivity contribution >= 4 is 11.3 Å². The van der Waals surface area contributed by atoms with Crippen molar-refractivity contribution in [2.75, 3.05) is 26.2 Å². The van der Waals surface area contributed by atoms with Crippen LogP contribution in [0.25, 0.3) is 0 Å². The van der Waals surface area contributed by atoms with E-state index in [2.05, 4.69) is 20.6 Å². The van der Waals surface area contributed by atoms with Crippen molar-refractivity contribution in [3.63, 3.8) is 0 Å². The summed E-state index contributed by atoms with van der Waals surface area (Å²) in [5.74, 6) is 0.882. The number of nitrogens with zero attached hydrogens (tertiary/aromatic N) is 2. The van der Waals surface area contributed by atoms with Crippen molar-refractivity contribution < 1.29 is 9.47 Å². The molecule has 2 aliphatic rings. The predicted molar refractivity (Wildman–Crippen MR) is 98.9 cm³/mol. The highest BCUT2D eigenvalue weighted by Crippen LogP contribution is 2.28. The van der Waals surface area contributed by atoms with Crippen molar-refractivity contribution in [2.45, 2.75) is 38.1 Å². The summed E-state index contributed by atoms with van der Waals surface area (Å²) in [6.07, 6.45) is 3.04. The Morgan fingerprint density at radius 3 is 3.00 bits per heavy atom. The van der Waals surface area contributed by atoms with E-state index < -0.39 is 0 Å². The summed E-state index contributed by atoms with van der Waals surface area (Å²) in [6, 6.07) is 10.7. The number of thiazole rings is 1. The highest BCUT2D eigenvalue weighted by atomic mass is 32.1. The molecule has 0 bridgehead atoms. The molecule has 0 amide bonds. The molecule has 1 saturated heterocycles. The normalized spacial score (nSPS) is 21.4. The molecule has 5 nitrogen and oxygen atoms in total. The summed E-state index contributed by atoms with van der Waals surface area (Å²) < 4.78 is 11.6. The highest BCUT2D eigenvalue weighted by Gasteiger charge is 2.32. The molecule has 2 fully saturated rings. The van der Waals surface area contributed by atoms with E-state index in [9.17, 15) is 0 Å². The van der Waals surface area contributed by atoms with Crippen molar-refractivity contribution in [1.29, 1.82) is 0 Å². The molecular weight excluding hydrogens is 334 g/mol. The number of rotatable bonds is 8. The molecule has 0 radical (unpaired) electrons. The van der Waals surface area contributed by atoms with Crippen molar-refractivity contribution in [1.82, 2.24) is 15.2 Å². The van der Waals surface area contributed by atoms with E-state index in [0.29, 0.717) is 12.7 Å². The minimum absolute atomic E-state index is 0.300. The first-order chi connectivity index (χ1) is 12.4. The van der Waals surface area contributed by atoms with Gasteiger partial charge in [-0.25, -0.2) is 4.98 Å². The quantitative estimate of drug-likeness (QED) is 0.785. The molecule has 1 aliphatic carbocycles. The lowest BCUT2D eigenvalue weighted by atomic mass is 10.2. The van der Waals surface area contributed by atoms with E-state index in [4.69, 9.17) is 9.47 Å². The summed E-state index contributed by atoms with van der Waals surface area (Å²) in [5.41, 5.74) is 1.08. The monoisotopic (exact) mass is 359 g/mol. The molecule has 1 N–H and O–H groups in total. The largest absolute Gasteiger partial charge is 0.486 e. The zero-order valence-electron chi connectivity index (χ0n) is 14.4. The van der Waals surface area contributed by atoms with Crippen LogP contribution in [0.4, 0.5) is 0 Å². The molecule has 1 aromatic carbocycles. The summed E-state index contributed by atoms with van der Waals surface area (Å²) in [5, 5.41) is 6.60. The third-order valence-electron chi connectivity index (χ3n) is 4.62. The molecule has 2 heterocycles. The van der Waals surface area contributed by atoms with E-state index in [1.165, 1.54) is 12.8 Å². The number of morpholine rings is 1. The summed E-state index contributed by atoms with van der Waals surface area (Å²) in [6.45, 7) is 5.21. The predicted octanol–water partition coefficient (Wildman–Crippen LogP) is 2.67. The minimum atomic E-state index is 0.300. The van der Waals surface area contributed by atoms with E-state index in [0.717, 1.165) is 55.3 Å². The van der Waals surface area contributed by atoms with Crippen molar-refractivity contribution in [3.8, 4) is 5.75 Å². The van der Waals surface area contributed by atoms with Gasteiger partial charge >= 0.3 is 0 Å². The first kappa shape index (κ1) is 17.0. The van der Waals surface area contributed by atoms with Crippen LogP contribution in [0, 0.1) is 0 Å². The second-order valence-corrected chi connectivity index (χ2v) is 7.63. The molecular formula is C19H25N3O2S. The molecule has 6 heteroatoms.